The van der Waals surface area contributed by atoms with E-state index in [0.29, 0.717) is 36.6 Å². The number of aromatic nitrogens is 3. The summed E-state index contributed by atoms with van der Waals surface area (Å²) < 4.78 is 1.70. The number of piperidine rings is 1. The Kier molecular flexibility index (Phi) is 6.55. The standard InChI is InChI=1S/C29H31N5O2/c1-19-9-12-22(13-10-19)17-34-26-24(7-4-14-30-26)31-27(29(34)36)33-15-5-6-23(18-33)28(35)32-25-16-20(2)8-11-21(25)3/h4,7-14,16,23H,5-6,15,17-18H2,1-3H3,(H,32,35)/t23-/m1/s1. The van der Waals surface area contributed by atoms with E-state index in [2.05, 4.69) is 10.3 Å². The third-order valence-electron chi connectivity index (χ3n) is 6.89. The second kappa shape index (κ2) is 9.93. The largest absolute Gasteiger partial charge is 0.351 e. The van der Waals surface area contributed by atoms with E-state index >= 15 is 0 Å². The maximum absolute atomic E-state index is 13.7. The Morgan fingerprint density at radius 1 is 1.06 bits per heavy atom. The van der Waals surface area contributed by atoms with E-state index in [1.165, 1.54) is 5.56 Å². The molecule has 1 fully saturated rings. The number of pyridine rings is 1. The van der Waals surface area contributed by atoms with Crippen molar-refractivity contribution < 1.29 is 4.79 Å². The third kappa shape index (κ3) is 4.87. The SMILES string of the molecule is Cc1ccc(Cn2c(=O)c(N3CCC[C@@H](C(=O)Nc4cc(C)ccc4C)C3)nc3cccnc32)cc1. The van der Waals surface area contributed by atoms with Gasteiger partial charge in [0.05, 0.1) is 12.5 Å². The summed E-state index contributed by atoms with van der Waals surface area (Å²) in [4.78, 5) is 38.1. The Bertz CT molecular complexity index is 1480. The summed E-state index contributed by atoms with van der Waals surface area (Å²) in [6, 6.07) is 17.9. The van der Waals surface area contributed by atoms with E-state index in [9.17, 15) is 9.59 Å². The minimum Gasteiger partial charge on any atom is -0.351 e. The molecule has 0 spiro atoms. The van der Waals surface area contributed by atoms with E-state index in [1.807, 2.05) is 80.3 Å². The van der Waals surface area contributed by atoms with Crippen molar-refractivity contribution in [2.75, 3.05) is 23.3 Å². The number of nitrogens with one attached hydrogen (secondary N) is 1. The van der Waals surface area contributed by atoms with Gasteiger partial charge in [-0.2, -0.15) is 0 Å². The van der Waals surface area contributed by atoms with Crippen molar-refractivity contribution >= 4 is 28.6 Å². The van der Waals surface area contributed by atoms with Crippen LogP contribution < -0.4 is 15.8 Å². The van der Waals surface area contributed by atoms with Gasteiger partial charge in [-0.1, -0.05) is 42.0 Å². The maximum Gasteiger partial charge on any atom is 0.295 e. The van der Waals surface area contributed by atoms with E-state index in [4.69, 9.17) is 4.98 Å². The number of benzene rings is 2. The van der Waals surface area contributed by atoms with Gasteiger partial charge in [0.2, 0.25) is 5.91 Å². The van der Waals surface area contributed by atoms with Crippen molar-refractivity contribution in [3.63, 3.8) is 0 Å². The smallest absolute Gasteiger partial charge is 0.295 e. The molecule has 0 bridgehead atoms. The van der Waals surface area contributed by atoms with Gasteiger partial charge in [-0.15, -0.1) is 0 Å². The molecule has 3 heterocycles. The summed E-state index contributed by atoms with van der Waals surface area (Å²) in [5.74, 6) is 0.137. The average Bonchev–Trinajstić information content (AvgIpc) is 2.89. The maximum atomic E-state index is 13.7. The number of hydrogen-bond donors (Lipinski definition) is 1. The highest BCUT2D eigenvalue weighted by atomic mass is 16.2. The Morgan fingerprint density at radius 3 is 2.64 bits per heavy atom. The Balaban J connectivity index is 1.44. The van der Waals surface area contributed by atoms with Crippen molar-refractivity contribution in [1.82, 2.24) is 14.5 Å². The van der Waals surface area contributed by atoms with Crippen LogP contribution in [0.15, 0.2) is 65.6 Å². The number of hydrogen-bond acceptors (Lipinski definition) is 5. The number of carbonyl (C=O) groups is 1. The molecule has 184 valence electrons. The molecule has 2 aromatic carbocycles. The van der Waals surface area contributed by atoms with Crippen LogP contribution in [0.1, 0.15) is 35.1 Å². The van der Waals surface area contributed by atoms with E-state index in [1.54, 1.807) is 10.8 Å². The van der Waals surface area contributed by atoms with E-state index in [0.717, 1.165) is 35.2 Å². The Hall–Kier alpha value is -4.00. The van der Waals surface area contributed by atoms with Gasteiger partial charge in [-0.3, -0.25) is 14.2 Å². The van der Waals surface area contributed by atoms with Crippen LogP contribution in [0, 0.1) is 26.7 Å². The molecule has 0 saturated carbocycles. The molecule has 5 rings (SSSR count). The zero-order valence-electron chi connectivity index (χ0n) is 21.0. The molecular formula is C29H31N5O2. The molecule has 1 N–H and O–H groups in total. The molecule has 0 aliphatic carbocycles. The van der Waals surface area contributed by atoms with Crippen LogP contribution in [0.5, 0.6) is 0 Å². The van der Waals surface area contributed by atoms with E-state index < -0.39 is 0 Å². The molecule has 1 atom stereocenters. The summed E-state index contributed by atoms with van der Waals surface area (Å²) in [6.45, 7) is 7.60. The summed E-state index contributed by atoms with van der Waals surface area (Å²) >= 11 is 0. The van der Waals surface area contributed by atoms with Crippen LogP contribution in [0.25, 0.3) is 11.2 Å². The van der Waals surface area contributed by atoms with Crippen LogP contribution in [-0.4, -0.2) is 33.5 Å². The molecule has 7 heteroatoms. The van der Waals surface area contributed by atoms with Gasteiger partial charge in [-0.25, -0.2) is 9.97 Å². The van der Waals surface area contributed by atoms with Crippen molar-refractivity contribution in [3.05, 3.63) is 93.4 Å². The zero-order chi connectivity index (χ0) is 25.2. The minimum absolute atomic E-state index is 0.0177. The van der Waals surface area contributed by atoms with Crippen LogP contribution in [-0.2, 0) is 11.3 Å². The minimum atomic E-state index is -0.227. The summed E-state index contributed by atoms with van der Waals surface area (Å²) in [6.07, 6.45) is 3.28. The number of fused-ring (bicyclic) bond motifs is 1. The molecule has 1 aliphatic rings. The van der Waals surface area contributed by atoms with Gasteiger partial charge in [0.15, 0.2) is 11.5 Å². The Morgan fingerprint density at radius 2 is 1.83 bits per heavy atom. The predicted molar refractivity (Wildman–Crippen MR) is 144 cm³/mol. The summed E-state index contributed by atoms with van der Waals surface area (Å²) in [5.41, 5.74) is 6.21. The number of aryl methyl sites for hydroxylation is 3. The van der Waals surface area contributed by atoms with Crippen molar-refractivity contribution in [2.24, 2.45) is 5.92 Å². The molecule has 0 unspecified atom stereocenters. The van der Waals surface area contributed by atoms with Gasteiger partial charge in [-0.05, 0) is 68.5 Å². The lowest BCUT2D eigenvalue weighted by Crippen LogP contribution is -2.44. The first kappa shape index (κ1) is 23.7. The highest BCUT2D eigenvalue weighted by molar-refractivity contribution is 5.93. The topological polar surface area (TPSA) is 80.1 Å². The Labute approximate surface area is 210 Å². The number of rotatable bonds is 5. The molecule has 36 heavy (non-hydrogen) atoms. The highest BCUT2D eigenvalue weighted by Crippen LogP contribution is 2.24. The predicted octanol–water partition coefficient (Wildman–Crippen LogP) is 4.62. The lowest BCUT2D eigenvalue weighted by Gasteiger charge is -2.33. The first-order chi connectivity index (χ1) is 17.4. The summed E-state index contributed by atoms with van der Waals surface area (Å²) in [7, 11) is 0. The molecule has 7 nitrogen and oxygen atoms in total. The van der Waals surface area contributed by atoms with Crippen molar-refractivity contribution in [3.8, 4) is 0 Å². The van der Waals surface area contributed by atoms with Crippen molar-refractivity contribution in [1.29, 1.82) is 0 Å². The summed E-state index contributed by atoms with van der Waals surface area (Å²) in [5, 5.41) is 3.11. The van der Waals surface area contributed by atoms with Crippen LogP contribution >= 0.6 is 0 Å². The van der Waals surface area contributed by atoms with Crippen LogP contribution in [0.2, 0.25) is 0 Å². The fourth-order valence-electron chi connectivity index (χ4n) is 4.78. The van der Waals surface area contributed by atoms with Crippen LogP contribution in [0.4, 0.5) is 11.5 Å². The fourth-order valence-corrected chi connectivity index (χ4v) is 4.78. The third-order valence-corrected chi connectivity index (χ3v) is 6.89. The quantitative estimate of drug-likeness (QED) is 0.450. The number of nitrogens with zero attached hydrogens (tertiary/aromatic N) is 4. The number of amides is 1. The molecule has 1 aliphatic heterocycles. The first-order valence-electron chi connectivity index (χ1n) is 12.4. The zero-order valence-corrected chi connectivity index (χ0v) is 21.0. The lowest BCUT2D eigenvalue weighted by molar-refractivity contribution is -0.120. The van der Waals surface area contributed by atoms with Gasteiger partial charge in [0.1, 0.15) is 5.52 Å². The molecule has 1 amide bonds. The molecule has 0 radical (unpaired) electrons. The van der Waals surface area contributed by atoms with Gasteiger partial charge in [0.25, 0.3) is 5.56 Å². The number of anilines is 2. The molecular weight excluding hydrogens is 450 g/mol. The second-order valence-electron chi connectivity index (χ2n) is 9.75. The first-order valence-corrected chi connectivity index (χ1v) is 12.4. The van der Waals surface area contributed by atoms with Crippen molar-refractivity contribution in [2.45, 2.75) is 40.2 Å². The molecule has 1 saturated heterocycles. The normalized spacial score (nSPS) is 15.8. The van der Waals surface area contributed by atoms with Gasteiger partial charge < -0.3 is 10.2 Å². The highest BCUT2D eigenvalue weighted by Gasteiger charge is 2.29. The second-order valence-corrected chi connectivity index (χ2v) is 9.75. The lowest BCUT2D eigenvalue weighted by atomic mass is 9.96. The van der Waals surface area contributed by atoms with Gasteiger partial charge in [0, 0.05) is 25.0 Å². The monoisotopic (exact) mass is 481 g/mol. The fraction of sp³-hybridized carbons (Fsp3) is 0.310. The van der Waals surface area contributed by atoms with Gasteiger partial charge >= 0.3 is 0 Å². The molecule has 2 aromatic heterocycles. The average molecular weight is 482 g/mol. The van der Waals surface area contributed by atoms with E-state index in [-0.39, 0.29) is 17.4 Å². The van der Waals surface area contributed by atoms with Crippen LogP contribution in [0.3, 0.4) is 0 Å². The molecule has 4 aromatic rings. The number of carbonyl (C=O) groups excluding carboxylic acids is 1.